The number of carbonyl (C=O) groups excluding carboxylic acids is 2. The van der Waals surface area contributed by atoms with Crippen molar-refractivity contribution in [1.29, 1.82) is 0 Å². The summed E-state index contributed by atoms with van der Waals surface area (Å²) in [6, 6.07) is 7.24. The predicted molar refractivity (Wildman–Crippen MR) is 101 cm³/mol. The van der Waals surface area contributed by atoms with Crippen molar-refractivity contribution in [2.45, 2.75) is 32.0 Å². The summed E-state index contributed by atoms with van der Waals surface area (Å²) >= 11 is 6.26. The standard InChI is InChI=1S/C20H22ClN3O3/c21-17-3-1-2-15-12-24(7-4-16(15)17)19(25)10-18-20(26)22-6-8-23(18)11-14-5-9-27-13-14/h1-3,5,9,13,18H,4,6-8,10-12H2,(H,22,26). The molecule has 2 aliphatic heterocycles. The van der Waals surface area contributed by atoms with Gasteiger partial charge in [0.05, 0.1) is 25.0 Å². The van der Waals surface area contributed by atoms with Gasteiger partial charge in [-0.3, -0.25) is 14.5 Å². The Hall–Kier alpha value is -2.31. The van der Waals surface area contributed by atoms with Crippen molar-refractivity contribution >= 4 is 23.4 Å². The van der Waals surface area contributed by atoms with Crippen LogP contribution in [-0.2, 0) is 29.1 Å². The van der Waals surface area contributed by atoms with Crippen molar-refractivity contribution in [2.24, 2.45) is 0 Å². The molecule has 1 atom stereocenters. The molecule has 1 saturated heterocycles. The van der Waals surface area contributed by atoms with Gasteiger partial charge in [-0.15, -0.1) is 0 Å². The first-order chi connectivity index (χ1) is 13.1. The number of hydrogen-bond donors (Lipinski definition) is 1. The van der Waals surface area contributed by atoms with Crippen molar-refractivity contribution in [3.8, 4) is 0 Å². The van der Waals surface area contributed by atoms with Crippen molar-refractivity contribution in [2.75, 3.05) is 19.6 Å². The first-order valence-corrected chi connectivity index (χ1v) is 9.56. The van der Waals surface area contributed by atoms with Gasteiger partial charge in [-0.2, -0.15) is 0 Å². The number of furan rings is 1. The van der Waals surface area contributed by atoms with E-state index in [1.807, 2.05) is 29.2 Å². The zero-order valence-electron chi connectivity index (χ0n) is 15.0. The van der Waals surface area contributed by atoms with Crippen molar-refractivity contribution in [3.63, 3.8) is 0 Å². The molecule has 0 radical (unpaired) electrons. The number of amides is 2. The summed E-state index contributed by atoms with van der Waals surface area (Å²) in [7, 11) is 0. The number of halogens is 1. The highest BCUT2D eigenvalue weighted by atomic mass is 35.5. The third-order valence-electron chi connectivity index (χ3n) is 5.34. The Morgan fingerprint density at radius 3 is 3.00 bits per heavy atom. The van der Waals surface area contributed by atoms with Crippen LogP contribution in [0.25, 0.3) is 0 Å². The smallest absolute Gasteiger partial charge is 0.237 e. The Morgan fingerprint density at radius 2 is 2.19 bits per heavy atom. The maximum Gasteiger partial charge on any atom is 0.237 e. The highest BCUT2D eigenvalue weighted by molar-refractivity contribution is 6.31. The maximum atomic E-state index is 12.9. The highest BCUT2D eigenvalue weighted by Gasteiger charge is 2.33. The summed E-state index contributed by atoms with van der Waals surface area (Å²) < 4.78 is 5.12. The Balaban J connectivity index is 1.44. The number of rotatable bonds is 4. The van der Waals surface area contributed by atoms with E-state index in [-0.39, 0.29) is 18.2 Å². The molecular weight excluding hydrogens is 366 g/mol. The Labute approximate surface area is 163 Å². The van der Waals surface area contributed by atoms with E-state index in [0.717, 1.165) is 28.1 Å². The molecule has 2 amide bonds. The van der Waals surface area contributed by atoms with Gasteiger partial charge in [0.2, 0.25) is 11.8 Å². The maximum absolute atomic E-state index is 12.9. The van der Waals surface area contributed by atoms with Crippen LogP contribution in [0.15, 0.2) is 41.2 Å². The third kappa shape index (κ3) is 3.87. The number of benzene rings is 1. The zero-order chi connectivity index (χ0) is 18.8. The van der Waals surface area contributed by atoms with Crippen LogP contribution in [-0.4, -0.2) is 47.3 Å². The molecule has 0 saturated carbocycles. The van der Waals surface area contributed by atoms with Gasteiger partial charge in [-0.05, 0) is 29.7 Å². The fraction of sp³-hybridized carbons (Fsp3) is 0.400. The van der Waals surface area contributed by atoms with Crippen LogP contribution >= 0.6 is 11.6 Å². The summed E-state index contributed by atoms with van der Waals surface area (Å²) in [5.74, 6) is -0.0848. The molecule has 0 spiro atoms. The van der Waals surface area contributed by atoms with E-state index >= 15 is 0 Å². The molecule has 1 fully saturated rings. The van der Waals surface area contributed by atoms with Gasteiger partial charge in [0.15, 0.2) is 0 Å². The summed E-state index contributed by atoms with van der Waals surface area (Å²) in [4.78, 5) is 29.2. The number of hydrogen-bond acceptors (Lipinski definition) is 4. The van der Waals surface area contributed by atoms with Crippen molar-refractivity contribution < 1.29 is 14.0 Å². The number of nitrogens with one attached hydrogen (secondary N) is 1. The summed E-state index contributed by atoms with van der Waals surface area (Å²) in [5.41, 5.74) is 3.22. The minimum atomic E-state index is -0.457. The summed E-state index contributed by atoms with van der Waals surface area (Å²) in [6.45, 7) is 3.08. The third-order valence-corrected chi connectivity index (χ3v) is 5.69. The fourth-order valence-electron chi connectivity index (χ4n) is 3.86. The molecule has 27 heavy (non-hydrogen) atoms. The van der Waals surface area contributed by atoms with Crippen molar-refractivity contribution in [3.05, 3.63) is 58.5 Å². The van der Waals surface area contributed by atoms with E-state index in [0.29, 0.717) is 32.7 Å². The van der Waals surface area contributed by atoms with Crippen LogP contribution in [0.5, 0.6) is 0 Å². The van der Waals surface area contributed by atoms with Crippen LogP contribution < -0.4 is 5.32 Å². The Morgan fingerprint density at radius 1 is 1.30 bits per heavy atom. The Bertz CT molecular complexity index is 837. The van der Waals surface area contributed by atoms with Gasteiger partial charge in [-0.25, -0.2) is 0 Å². The Kier molecular flexibility index (Phi) is 5.18. The molecule has 0 bridgehead atoms. The fourth-order valence-corrected chi connectivity index (χ4v) is 4.15. The minimum absolute atomic E-state index is 0.000121. The van der Waals surface area contributed by atoms with Crippen LogP contribution in [0.3, 0.4) is 0 Å². The van der Waals surface area contributed by atoms with Gasteiger partial charge in [-0.1, -0.05) is 23.7 Å². The summed E-state index contributed by atoms with van der Waals surface area (Å²) in [6.07, 6.45) is 4.22. The van der Waals surface area contributed by atoms with Crippen LogP contribution in [0.1, 0.15) is 23.1 Å². The molecular formula is C20H22ClN3O3. The number of nitrogens with zero attached hydrogens (tertiary/aromatic N) is 2. The SMILES string of the molecule is O=C1NCCN(Cc2ccoc2)C1CC(=O)N1CCc2c(Cl)cccc2C1. The molecule has 1 N–H and O–H groups in total. The molecule has 7 heteroatoms. The second kappa shape index (κ2) is 7.74. The quantitative estimate of drug-likeness (QED) is 0.873. The van der Waals surface area contributed by atoms with E-state index in [1.165, 1.54) is 0 Å². The molecule has 142 valence electrons. The number of piperazine rings is 1. The largest absolute Gasteiger partial charge is 0.472 e. The van der Waals surface area contributed by atoms with Gasteiger partial charge >= 0.3 is 0 Å². The molecule has 2 aliphatic rings. The molecule has 6 nitrogen and oxygen atoms in total. The minimum Gasteiger partial charge on any atom is -0.472 e. The lowest BCUT2D eigenvalue weighted by atomic mass is 9.98. The van der Waals surface area contributed by atoms with Gasteiger partial charge < -0.3 is 14.6 Å². The van der Waals surface area contributed by atoms with Gasteiger partial charge in [0.25, 0.3) is 0 Å². The van der Waals surface area contributed by atoms with E-state index in [4.69, 9.17) is 16.0 Å². The molecule has 1 aromatic carbocycles. The molecule has 0 aliphatic carbocycles. The zero-order valence-corrected chi connectivity index (χ0v) is 15.7. The first-order valence-electron chi connectivity index (χ1n) is 9.18. The van der Waals surface area contributed by atoms with E-state index < -0.39 is 6.04 Å². The van der Waals surface area contributed by atoms with Crippen LogP contribution in [0, 0.1) is 0 Å². The number of carbonyl (C=O) groups is 2. The van der Waals surface area contributed by atoms with E-state index in [1.54, 1.807) is 12.5 Å². The second-order valence-corrected chi connectivity index (χ2v) is 7.46. The van der Waals surface area contributed by atoms with E-state index in [2.05, 4.69) is 10.2 Å². The average molecular weight is 388 g/mol. The van der Waals surface area contributed by atoms with Gasteiger partial charge in [0.1, 0.15) is 0 Å². The van der Waals surface area contributed by atoms with Gasteiger partial charge in [0, 0.05) is 43.3 Å². The molecule has 1 unspecified atom stereocenters. The van der Waals surface area contributed by atoms with Crippen LogP contribution in [0.2, 0.25) is 5.02 Å². The molecule has 2 aromatic rings. The lowest BCUT2D eigenvalue weighted by Gasteiger charge is -2.36. The van der Waals surface area contributed by atoms with Crippen LogP contribution in [0.4, 0.5) is 0 Å². The monoisotopic (exact) mass is 387 g/mol. The number of fused-ring (bicyclic) bond motifs is 1. The summed E-state index contributed by atoms with van der Waals surface area (Å²) in [5, 5.41) is 3.64. The van der Waals surface area contributed by atoms with Crippen molar-refractivity contribution in [1.82, 2.24) is 15.1 Å². The molecule has 1 aromatic heterocycles. The normalized spacial score (nSPS) is 20.3. The second-order valence-electron chi connectivity index (χ2n) is 7.06. The topological polar surface area (TPSA) is 65.8 Å². The average Bonchev–Trinajstić information content (AvgIpc) is 3.17. The highest BCUT2D eigenvalue weighted by Crippen LogP contribution is 2.26. The molecule has 4 rings (SSSR count). The predicted octanol–water partition coefficient (Wildman–Crippen LogP) is 2.21. The first kappa shape index (κ1) is 18.1. The molecule has 3 heterocycles. The van der Waals surface area contributed by atoms with E-state index in [9.17, 15) is 9.59 Å². The lowest BCUT2D eigenvalue weighted by molar-refractivity contribution is -0.139. The lowest BCUT2D eigenvalue weighted by Crippen LogP contribution is -2.56.